The first-order chi connectivity index (χ1) is 15.2. The quantitative estimate of drug-likeness (QED) is 0.483. The number of fused-ring (bicyclic) bond motifs is 1. The van der Waals surface area contributed by atoms with Gasteiger partial charge in [-0.25, -0.2) is 9.48 Å². The smallest absolute Gasteiger partial charge is 0.420 e. The Morgan fingerprint density at radius 2 is 1.94 bits per heavy atom. The molecule has 0 aliphatic carbocycles. The first-order valence-corrected chi connectivity index (χ1v) is 10.0. The molecular formula is C21H20N6O4. The Morgan fingerprint density at radius 1 is 1.10 bits per heavy atom. The van der Waals surface area contributed by atoms with Gasteiger partial charge in [-0.15, -0.1) is 10.2 Å². The molecule has 0 bridgehead atoms. The number of ether oxygens (including phenoxy) is 1. The van der Waals surface area contributed by atoms with Crippen LogP contribution in [0.1, 0.15) is 12.8 Å². The van der Waals surface area contributed by atoms with Crippen molar-refractivity contribution in [2.75, 3.05) is 13.1 Å². The van der Waals surface area contributed by atoms with Crippen LogP contribution in [0.2, 0.25) is 0 Å². The molecular weight excluding hydrogens is 400 g/mol. The molecule has 0 spiro atoms. The van der Waals surface area contributed by atoms with Crippen LogP contribution < -0.4 is 10.5 Å². The van der Waals surface area contributed by atoms with E-state index >= 15 is 0 Å². The highest BCUT2D eigenvalue weighted by Gasteiger charge is 2.25. The Balaban J connectivity index is 1.17. The molecule has 31 heavy (non-hydrogen) atoms. The van der Waals surface area contributed by atoms with Crippen LogP contribution in [0, 0.1) is 0 Å². The van der Waals surface area contributed by atoms with Gasteiger partial charge in [-0.2, -0.15) is 5.10 Å². The van der Waals surface area contributed by atoms with E-state index in [1.54, 1.807) is 52.3 Å². The molecule has 1 aromatic carbocycles. The number of amides is 1. The minimum Gasteiger partial charge on any atom is -0.473 e. The van der Waals surface area contributed by atoms with Crippen LogP contribution in [0.15, 0.2) is 64.1 Å². The van der Waals surface area contributed by atoms with Gasteiger partial charge in [0, 0.05) is 44.4 Å². The van der Waals surface area contributed by atoms with E-state index in [1.807, 2.05) is 12.1 Å². The summed E-state index contributed by atoms with van der Waals surface area (Å²) >= 11 is 0. The standard InChI is InChI=1S/C21H20N6O4/c28-20(14-26-16-4-1-2-5-17(16)31-21(26)29)25-12-8-15(9-13-25)30-19-7-6-18(23-24-19)27-11-3-10-22-27/h1-7,10-11,15H,8-9,12-14H2. The Kier molecular flexibility index (Phi) is 4.95. The van der Waals surface area contributed by atoms with E-state index in [9.17, 15) is 9.59 Å². The van der Waals surface area contributed by atoms with E-state index in [0.717, 1.165) is 0 Å². The second-order valence-electron chi connectivity index (χ2n) is 7.30. The van der Waals surface area contributed by atoms with Crippen LogP contribution in [0.3, 0.4) is 0 Å². The highest BCUT2D eigenvalue weighted by Crippen LogP contribution is 2.18. The molecule has 5 rings (SSSR count). The molecule has 4 aromatic rings. The summed E-state index contributed by atoms with van der Waals surface area (Å²) in [5.41, 5.74) is 1.10. The molecule has 0 atom stereocenters. The first kappa shape index (κ1) is 19.0. The highest BCUT2D eigenvalue weighted by molar-refractivity contribution is 5.79. The lowest BCUT2D eigenvalue weighted by Crippen LogP contribution is -2.43. The predicted octanol–water partition coefficient (Wildman–Crippen LogP) is 1.64. The lowest BCUT2D eigenvalue weighted by Gasteiger charge is -2.31. The maximum atomic E-state index is 12.7. The number of hydrogen-bond donors (Lipinski definition) is 0. The van der Waals surface area contributed by atoms with Gasteiger partial charge >= 0.3 is 5.76 Å². The molecule has 0 saturated carbocycles. The number of benzene rings is 1. The lowest BCUT2D eigenvalue weighted by molar-refractivity contribution is -0.133. The Labute approximate surface area is 176 Å². The van der Waals surface area contributed by atoms with Crippen molar-refractivity contribution < 1.29 is 13.9 Å². The normalized spacial score (nSPS) is 14.8. The minimum atomic E-state index is -0.523. The zero-order valence-electron chi connectivity index (χ0n) is 16.6. The first-order valence-electron chi connectivity index (χ1n) is 10.0. The molecule has 0 radical (unpaired) electrons. The fourth-order valence-electron chi connectivity index (χ4n) is 3.70. The summed E-state index contributed by atoms with van der Waals surface area (Å²) in [4.78, 5) is 26.6. The van der Waals surface area contributed by atoms with E-state index in [4.69, 9.17) is 9.15 Å². The van der Waals surface area contributed by atoms with Gasteiger partial charge in [0.25, 0.3) is 0 Å². The molecule has 10 nitrogen and oxygen atoms in total. The van der Waals surface area contributed by atoms with Crippen LogP contribution in [0.25, 0.3) is 16.9 Å². The molecule has 1 amide bonds. The number of piperidine rings is 1. The molecule has 0 N–H and O–H groups in total. The number of hydrogen-bond acceptors (Lipinski definition) is 7. The van der Waals surface area contributed by atoms with Crippen LogP contribution in [-0.4, -0.2) is 54.5 Å². The van der Waals surface area contributed by atoms with Crippen molar-refractivity contribution in [1.29, 1.82) is 0 Å². The number of nitrogens with zero attached hydrogens (tertiary/aromatic N) is 6. The summed E-state index contributed by atoms with van der Waals surface area (Å²) in [6, 6.07) is 12.5. The number of carbonyl (C=O) groups excluding carboxylic acids is 1. The van der Waals surface area contributed by atoms with E-state index in [0.29, 0.717) is 48.7 Å². The highest BCUT2D eigenvalue weighted by atomic mass is 16.5. The van der Waals surface area contributed by atoms with E-state index in [2.05, 4.69) is 15.3 Å². The third-order valence-corrected chi connectivity index (χ3v) is 5.31. The van der Waals surface area contributed by atoms with Crippen molar-refractivity contribution >= 4 is 17.0 Å². The van der Waals surface area contributed by atoms with Crippen LogP contribution in [0.4, 0.5) is 0 Å². The van der Waals surface area contributed by atoms with Crippen molar-refractivity contribution in [1.82, 2.24) is 29.4 Å². The molecule has 4 heterocycles. The molecule has 10 heteroatoms. The second kappa shape index (κ2) is 8.05. The molecule has 0 unspecified atom stereocenters. The third-order valence-electron chi connectivity index (χ3n) is 5.31. The molecule has 1 aliphatic heterocycles. The lowest BCUT2D eigenvalue weighted by atomic mass is 10.1. The van der Waals surface area contributed by atoms with Gasteiger partial charge in [-0.1, -0.05) is 12.1 Å². The van der Waals surface area contributed by atoms with Crippen LogP contribution in [0.5, 0.6) is 5.88 Å². The van der Waals surface area contributed by atoms with Gasteiger partial charge in [-0.05, 0) is 24.3 Å². The Hall–Kier alpha value is -3.95. The number of rotatable bonds is 5. The molecule has 158 valence electrons. The largest absolute Gasteiger partial charge is 0.473 e. The average molecular weight is 420 g/mol. The topological polar surface area (TPSA) is 108 Å². The summed E-state index contributed by atoms with van der Waals surface area (Å²) in [6.45, 7) is 1.06. The van der Waals surface area contributed by atoms with Crippen LogP contribution in [-0.2, 0) is 11.3 Å². The molecule has 1 saturated heterocycles. The maximum Gasteiger partial charge on any atom is 0.420 e. The zero-order valence-corrected chi connectivity index (χ0v) is 16.6. The van der Waals surface area contributed by atoms with Crippen molar-refractivity contribution in [3.63, 3.8) is 0 Å². The van der Waals surface area contributed by atoms with E-state index < -0.39 is 5.76 Å². The number of para-hydroxylation sites is 2. The van der Waals surface area contributed by atoms with Crippen molar-refractivity contribution in [3.8, 4) is 11.7 Å². The Morgan fingerprint density at radius 3 is 2.68 bits per heavy atom. The van der Waals surface area contributed by atoms with Crippen molar-refractivity contribution in [2.45, 2.75) is 25.5 Å². The van der Waals surface area contributed by atoms with Gasteiger partial charge in [0.15, 0.2) is 11.4 Å². The summed E-state index contributed by atoms with van der Waals surface area (Å²) in [5, 5.41) is 12.3. The monoisotopic (exact) mass is 420 g/mol. The van der Waals surface area contributed by atoms with Crippen molar-refractivity contribution in [3.05, 3.63) is 65.4 Å². The van der Waals surface area contributed by atoms with Gasteiger partial charge in [0.1, 0.15) is 12.6 Å². The average Bonchev–Trinajstić information content (AvgIpc) is 3.43. The number of aromatic nitrogens is 5. The SMILES string of the molecule is O=C(Cn1c(=O)oc2ccccc21)N1CCC(Oc2ccc(-n3cccn3)nn2)CC1. The number of oxazole rings is 1. The van der Waals surface area contributed by atoms with Gasteiger partial charge in [0.05, 0.1) is 5.52 Å². The van der Waals surface area contributed by atoms with Gasteiger partial charge in [-0.3, -0.25) is 9.36 Å². The number of carbonyl (C=O) groups is 1. The molecule has 1 aliphatic rings. The van der Waals surface area contributed by atoms with Gasteiger partial charge < -0.3 is 14.1 Å². The van der Waals surface area contributed by atoms with E-state index in [-0.39, 0.29) is 18.6 Å². The second-order valence-corrected chi connectivity index (χ2v) is 7.30. The fourth-order valence-corrected chi connectivity index (χ4v) is 3.70. The van der Waals surface area contributed by atoms with Gasteiger partial charge in [0.2, 0.25) is 11.8 Å². The van der Waals surface area contributed by atoms with Crippen molar-refractivity contribution in [2.24, 2.45) is 0 Å². The summed E-state index contributed by atoms with van der Waals surface area (Å²) in [6.07, 6.45) is 4.76. The van der Waals surface area contributed by atoms with Crippen LogP contribution >= 0.6 is 0 Å². The summed E-state index contributed by atoms with van der Waals surface area (Å²) in [5.74, 6) is 0.414. The zero-order chi connectivity index (χ0) is 21.2. The minimum absolute atomic E-state index is 0.0399. The van der Waals surface area contributed by atoms with E-state index in [1.165, 1.54) is 4.57 Å². The summed E-state index contributed by atoms with van der Waals surface area (Å²) in [7, 11) is 0. The third kappa shape index (κ3) is 3.91. The Bertz CT molecular complexity index is 1240. The predicted molar refractivity (Wildman–Crippen MR) is 110 cm³/mol. The summed E-state index contributed by atoms with van der Waals surface area (Å²) < 4.78 is 14.1. The molecule has 3 aromatic heterocycles. The molecule has 1 fully saturated rings. The number of likely N-dealkylation sites (tertiary alicyclic amines) is 1. The fraction of sp³-hybridized carbons (Fsp3) is 0.286. The maximum absolute atomic E-state index is 12.7.